The summed E-state index contributed by atoms with van der Waals surface area (Å²) in [7, 11) is 1.86. The number of rotatable bonds is 6. The summed E-state index contributed by atoms with van der Waals surface area (Å²) in [5.41, 5.74) is 2.06. The molecule has 24 heavy (non-hydrogen) atoms. The van der Waals surface area contributed by atoms with E-state index in [0.717, 1.165) is 48.2 Å². The summed E-state index contributed by atoms with van der Waals surface area (Å²) in [4.78, 5) is 16.6. The van der Waals surface area contributed by atoms with E-state index in [4.69, 9.17) is 0 Å². The number of fused-ring (bicyclic) bond motifs is 1. The first-order valence-electron chi connectivity index (χ1n) is 8.05. The van der Waals surface area contributed by atoms with E-state index in [1.165, 1.54) is 6.33 Å². The van der Waals surface area contributed by atoms with Gasteiger partial charge >= 0.3 is 0 Å². The third-order valence-corrected chi connectivity index (χ3v) is 3.62. The fraction of sp³-hybridized carbons (Fsp3) is 0.375. The Morgan fingerprint density at radius 2 is 2.17 bits per heavy atom. The van der Waals surface area contributed by atoms with E-state index in [1.807, 2.05) is 38.2 Å². The molecule has 0 spiro atoms. The molecule has 0 atom stereocenters. The zero-order valence-corrected chi connectivity index (χ0v) is 14.0. The SMILES string of the molecule is CCNC(=NCc1ncnn1C)NCCc1nc2ccccc2[nH]1. The van der Waals surface area contributed by atoms with Gasteiger partial charge < -0.3 is 15.6 Å². The summed E-state index contributed by atoms with van der Waals surface area (Å²) in [5, 5.41) is 10.6. The average Bonchev–Trinajstić information content (AvgIpc) is 3.18. The summed E-state index contributed by atoms with van der Waals surface area (Å²) in [6.45, 7) is 4.06. The number of aromatic amines is 1. The molecule has 0 saturated heterocycles. The van der Waals surface area contributed by atoms with E-state index in [2.05, 4.69) is 35.7 Å². The van der Waals surface area contributed by atoms with Gasteiger partial charge in [-0.25, -0.2) is 15.0 Å². The van der Waals surface area contributed by atoms with Crippen LogP contribution in [0, 0.1) is 0 Å². The highest BCUT2D eigenvalue weighted by atomic mass is 15.3. The molecule has 2 heterocycles. The second kappa shape index (κ2) is 7.58. The predicted octanol–water partition coefficient (Wildman–Crippen LogP) is 0.989. The second-order valence-electron chi connectivity index (χ2n) is 5.37. The first-order chi connectivity index (χ1) is 11.8. The topological polar surface area (TPSA) is 95.8 Å². The number of hydrogen-bond acceptors (Lipinski definition) is 4. The quantitative estimate of drug-likeness (QED) is 0.464. The number of aryl methyl sites for hydroxylation is 1. The Labute approximate surface area is 140 Å². The predicted molar refractivity (Wildman–Crippen MR) is 93.6 cm³/mol. The Morgan fingerprint density at radius 1 is 1.29 bits per heavy atom. The maximum absolute atomic E-state index is 4.58. The van der Waals surface area contributed by atoms with Crippen molar-refractivity contribution in [2.75, 3.05) is 13.1 Å². The number of benzene rings is 1. The minimum absolute atomic E-state index is 0.483. The molecule has 0 bridgehead atoms. The molecule has 0 aliphatic heterocycles. The van der Waals surface area contributed by atoms with Crippen LogP contribution in [0.3, 0.4) is 0 Å². The Morgan fingerprint density at radius 3 is 2.92 bits per heavy atom. The van der Waals surface area contributed by atoms with Crippen LogP contribution < -0.4 is 10.6 Å². The maximum Gasteiger partial charge on any atom is 0.191 e. The molecule has 3 N–H and O–H groups in total. The fourth-order valence-corrected chi connectivity index (χ4v) is 2.38. The van der Waals surface area contributed by atoms with Crippen LogP contribution in [-0.2, 0) is 20.0 Å². The number of nitrogens with one attached hydrogen (secondary N) is 3. The Bertz CT molecular complexity index is 783. The minimum atomic E-state index is 0.483. The number of nitrogens with zero attached hydrogens (tertiary/aromatic N) is 5. The lowest BCUT2D eigenvalue weighted by molar-refractivity contribution is 0.696. The van der Waals surface area contributed by atoms with Gasteiger partial charge in [-0.1, -0.05) is 12.1 Å². The number of aromatic nitrogens is 5. The highest BCUT2D eigenvalue weighted by Crippen LogP contribution is 2.10. The lowest BCUT2D eigenvalue weighted by atomic mass is 10.3. The molecule has 126 valence electrons. The van der Waals surface area contributed by atoms with Crippen LogP contribution in [0.4, 0.5) is 0 Å². The van der Waals surface area contributed by atoms with Crippen molar-refractivity contribution < 1.29 is 0 Å². The van der Waals surface area contributed by atoms with Crippen LogP contribution in [-0.4, -0.2) is 43.8 Å². The standard InChI is InChI=1S/C16H22N8/c1-3-17-16(19-10-15-20-11-21-24(15)2)18-9-8-14-22-12-6-4-5-7-13(12)23-14/h4-7,11H,3,8-10H2,1-2H3,(H,22,23)(H2,17,18,19). The number of H-pyrrole nitrogens is 1. The van der Waals surface area contributed by atoms with Gasteiger partial charge in [0.25, 0.3) is 0 Å². The van der Waals surface area contributed by atoms with Gasteiger partial charge in [0, 0.05) is 26.6 Å². The number of aliphatic imine (C=N–C) groups is 1. The van der Waals surface area contributed by atoms with Gasteiger partial charge in [-0.05, 0) is 19.1 Å². The molecule has 2 aromatic heterocycles. The second-order valence-corrected chi connectivity index (χ2v) is 5.37. The van der Waals surface area contributed by atoms with Gasteiger partial charge in [0.05, 0.1) is 11.0 Å². The molecule has 0 amide bonds. The van der Waals surface area contributed by atoms with Crippen molar-refractivity contribution in [1.29, 1.82) is 0 Å². The lowest BCUT2D eigenvalue weighted by Gasteiger charge is -2.10. The third kappa shape index (κ3) is 3.89. The number of imidazole rings is 1. The molecular formula is C16H22N8. The van der Waals surface area contributed by atoms with Gasteiger partial charge in [0.15, 0.2) is 5.96 Å². The molecular weight excluding hydrogens is 304 g/mol. The van der Waals surface area contributed by atoms with E-state index < -0.39 is 0 Å². The Balaban J connectivity index is 1.56. The molecule has 8 heteroatoms. The maximum atomic E-state index is 4.58. The fourth-order valence-electron chi connectivity index (χ4n) is 2.38. The first-order valence-corrected chi connectivity index (χ1v) is 8.05. The molecule has 1 aromatic carbocycles. The van der Waals surface area contributed by atoms with Crippen LogP contribution in [0.15, 0.2) is 35.6 Å². The molecule has 0 saturated carbocycles. The summed E-state index contributed by atoms with van der Waals surface area (Å²) in [6.07, 6.45) is 2.33. The van der Waals surface area contributed by atoms with Crippen LogP contribution in [0.25, 0.3) is 11.0 Å². The molecule has 3 aromatic rings. The van der Waals surface area contributed by atoms with Crippen molar-refractivity contribution >= 4 is 17.0 Å². The Kier molecular flexibility index (Phi) is 5.05. The van der Waals surface area contributed by atoms with Crippen molar-refractivity contribution in [2.45, 2.75) is 19.9 Å². The highest BCUT2D eigenvalue weighted by Gasteiger charge is 2.04. The van der Waals surface area contributed by atoms with Crippen LogP contribution in [0.2, 0.25) is 0 Å². The molecule has 0 fully saturated rings. The van der Waals surface area contributed by atoms with Crippen molar-refractivity contribution in [3.63, 3.8) is 0 Å². The molecule has 0 aliphatic carbocycles. The van der Waals surface area contributed by atoms with Crippen molar-refractivity contribution in [3.8, 4) is 0 Å². The monoisotopic (exact) mass is 326 g/mol. The number of hydrogen-bond donors (Lipinski definition) is 3. The molecule has 0 radical (unpaired) electrons. The summed E-state index contributed by atoms with van der Waals surface area (Å²) >= 11 is 0. The van der Waals surface area contributed by atoms with Crippen LogP contribution >= 0.6 is 0 Å². The largest absolute Gasteiger partial charge is 0.357 e. The normalized spacial score (nSPS) is 11.8. The highest BCUT2D eigenvalue weighted by molar-refractivity contribution is 5.79. The zero-order valence-electron chi connectivity index (χ0n) is 14.0. The van der Waals surface area contributed by atoms with Gasteiger partial charge in [0.1, 0.15) is 24.5 Å². The van der Waals surface area contributed by atoms with Gasteiger partial charge in [0.2, 0.25) is 0 Å². The molecule has 0 unspecified atom stereocenters. The van der Waals surface area contributed by atoms with Gasteiger partial charge in [-0.2, -0.15) is 5.10 Å². The number of guanidine groups is 1. The summed E-state index contributed by atoms with van der Waals surface area (Å²) < 4.78 is 1.72. The Hall–Kier alpha value is -2.90. The van der Waals surface area contributed by atoms with E-state index in [-0.39, 0.29) is 0 Å². The van der Waals surface area contributed by atoms with Crippen molar-refractivity contribution in [1.82, 2.24) is 35.4 Å². The van der Waals surface area contributed by atoms with Crippen LogP contribution in [0.1, 0.15) is 18.6 Å². The summed E-state index contributed by atoms with van der Waals surface area (Å²) in [5.74, 6) is 2.55. The number of para-hydroxylation sites is 2. The third-order valence-electron chi connectivity index (χ3n) is 3.62. The molecule has 3 rings (SSSR count). The smallest absolute Gasteiger partial charge is 0.191 e. The first kappa shape index (κ1) is 16.0. The van der Waals surface area contributed by atoms with E-state index in [1.54, 1.807) is 4.68 Å². The van der Waals surface area contributed by atoms with E-state index >= 15 is 0 Å². The van der Waals surface area contributed by atoms with Gasteiger partial charge in [-0.15, -0.1) is 0 Å². The van der Waals surface area contributed by atoms with Gasteiger partial charge in [-0.3, -0.25) is 4.68 Å². The van der Waals surface area contributed by atoms with E-state index in [0.29, 0.717) is 6.54 Å². The van der Waals surface area contributed by atoms with Crippen molar-refractivity contribution in [2.24, 2.45) is 12.0 Å². The van der Waals surface area contributed by atoms with Crippen LogP contribution in [0.5, 0.6) is 0 Å². The van der Waals surface area contributed by atoms with Crippen molar-refractivity contribution in [3.05, 3.63) is 42.2 Å². The average molecular weight is 326 g/mol. The molecule has 0 aliphatic rings. The van der Waals surface area contributed by atoms with E-state index in [9.17, 15) is 0 Å². The molecule has 8 nitrogen and oxygen atoms in total. The lowest BCUT2D eigenvalue weighted by Crippen LogP contribution is -2.38. The zero-order chi connectivity index (χ0) is 16.8. The summed E-state index contributed by atoms with van der Waals surface area (Å²) in [6, 6.07) is 8.04. The minimum Gasteiger partial charge on any atom is -0.357 e.